The third kappa shape index (κ3) is 3.22. The molecule has 0 radical (unpaired) electrons. The van der Waals surface area contributed by atoms with Gasteiger partial charge in [0.25, 0.3) is 0 Å². The Kier molecular flexibility index (Phi) is 4.96. The molecule has 2 N–H and O–H groups in total. The molecule has 9 heteroatoms. The maximum Gasteiger partial charge on any atom is 0.316 e. The molecule has 2 unspecified atom stereocenters. The number of carbonyl (C=O) groups is 2. The molecule has 1 aromatic carbocycles. The number of carbonyl (C=O) groups excluding carboxylic acids is 1. The summed E-state index contributed by atoms with van der Waals surface area (Å²) >= 11 is 0. The fourth-order valence-corrected chi connectivity index (χ4v) is 4.10. The minimum absolute atomic E-state index is 0.0399. The summed E-state index contributed by atoms with van der Waals surface area (Å²) in [5.41, 5.74) is 0.103. The van der Waals surface area contributed by atoms with Gasteiger partial charge in [-0.05, 0) is 37.9 Å². The van der Waals surface area contributed by atoms with E-state index in [1.54, 1.807) is 11.9 Å². The van der Waals surface area contributed by atoms with Crippen LogP contribution in [-0.4, -0.2) is 62.4 Å². The first-order valence-corrected chi connectivity index (χ1v) is 9.50. The van der Waals surface area contributed by atoms with Gasteiger partial charge in [0.2, 0.25) is 5.91 Å². The summed E-state index contributed by atoms with van der Waals surface area (Å²) in [4.78, 5) is 27.1. The van der Waals surface area contributed by atoms with Gasteiger partial charge < -0.3 is 25.0 Å². The minimum Gasteiger partial charge on any atom is -0.481 e. The van der Waals surface area contributed by atoms with E-state index >= 15 is 4.39 Å². The predicted octanol–water partition coefficient (Wildman–Crippen LogP) is 1.14. The molecule has 3 aliphatic rings. The van der Waals surface area contributed by atoms with E-state index < -0.39 is 29.4 Å². The van der Waals surface area contributed by atoms with Gasteiger partial charge in [0, 0.05) is 25.7 Å². The van der Waals surface area contributed by atoms with E-state index in [1.807, 2.05) is 0 Å². The van der Waals surface area contributed by atoms with Crippen molar-refractivity contribution in [3.63, 3.8) is 0 Å². The predicted molar refractivity (Wildman–Crippen MR) is 97.6 cm³/mol. The second-order valence-electron chi connectivity index (χ2n) is 7.56. The molecular weight excluding hydrogens is 372 g/mol. The molecule has 2 atom stereocenters. The van der Waals surface area contributed by atoms with Crippen molar-refractivity contribution < 1.29 is 28.2 Å². The molecule has 7 nitrogen and oxygen atoms in total. The van der Waals surface area contributed by atoms with Crippen LogP contribution in [0.5, 0.6) is 0 Å². The van der Waals surface area contributed by atoms with E-state index in [4.69, 9.17) is 4.74 Å². The second-order valence-corrected chi connectivity index (χ2v) is 7.56. The molecule has 28 heavy (non-hydrogen) atoms. The molecule has 1 saturated heterocycles. The van der Waals surface area contributed by atoms with Crippen LogP contribution in [0.2, 0.25) is 0 Å². The highest BCUT2D eigenvalue weighted by Crippen LogP contribution is 2.44. The van der Waals surface area contributed by atoms with Crippen LogP contribution in [0, 0.1) is 17.6 Å². The molecule has 1 aromatic rings. The van der Waals surface area contributed by atoms with Crippen LogP contribution in [0.1, 0.15) is 18.4 Å². The summed E-state index contributed by atoms with van der Waals surface area (Å²) in [5, 5.41) is 12.4. The smallest absolute Gasteiger partial charge is 0.316 e. The number of amides is 1. The van der Waals surface area contributed by atoms with Crippen molar-refractivity contribution in [2.24, 2.45) is 5.92 Å². The van der Waals surface area contributed by atoms with Crippen LogP contribution in [0.15, 0.2) is 6.07 Å². The van der Waals surface area contributed by atoms with Gasteiger partial charge in [-0.1, -0.05) is 0 Å². The molecule has 1 amide bonds. The molecule has 2 aliphatic heterocycles. The van der Waals surface area contributed by atoms with Gasteiger partial charge in [-0.25, -0.2) is 8.78 Å². The van der Waals surface area contributed by atoms with Gasteiger partial charge in [-0.3, -0.25) is 9.59 Å². The van der Waals surface area contributed by atoms with Crippen LogP contribution in [0.4, 0.5) is 20.2 Å². The highest BCUT2D eigenvalue weighted by Gasteiger charge is 2.46. The molecular formula is C19H23F2N3O4. The maximum absolute atomic E-state index is 15.6. The first kappa shape index (κ1) is 19.1. The number of halogens is 2. The number of carboxylic acids is 1. The molecule has 1 aliphatic carbocycles. The SMILES string of the molecule is CNCC1CN(c2c(F)cc3c(c2F)N(C2CC2)C(=O)C(C(=O)O)C3)CCO1. The maximum atomic E-state index is 15.6. The highest BCUT2D eigenvalue weighted by molar-refractivity contribution is 6.09. The van der Waals surface area contributed by atoms with Gasteiger partial charge in [-0.2, -0.15) is 0 Å². The fraction of sp³-hybridized carbons (Fsp3) is 0.579. The Bertz CT molecular complexity index is 813. The molecule has 2 heterocycles. The summed E-state index contributed by atoms with van der Waals surface area (Å²) in [6.45, 7) is 1.55. The molecule has 0 bridgehead atoms. The van der Waals surface area contributed by atoms with E-state index in [0.717, 1.165) is 0 Å². The number of morpholine rings is 1. The van der Waals surface area contributed by atoms with Crippen molar-refractivity contribution in [2.75, 3.05) is 43.1 Å². The molecule has 0 aromatic heterocycles. The zero-order valence-electron chi connectivity index (χ0n) is 15.6. The molecule has 4 rings (SSSR count). The average molecular weight is 395 g/mol. The quantitative estimate of drug-likeness (QED) is 0.728. The van der Waals surface area contributed by atoms with Crippen molar-refractivity contribution in [1.29, 1.82) is 0 Å². The Labute approximate surface area is 161 Å². The van der Waals surface area contributed by atoms with Crippen LogP contribution in [0.25, 0.3) is 0 Å². The first-order chi connectivity index (χ1) is 13.4. The summed E-state index contributed by atoms with van der Waals surface area (Å²) in [5.74, 6) is -4.72. The molecule has 152 valence electrons. The fourth-order valence-electron chi connectivity index (χ4n) is 4.10. The van der Waals surface area contributed by atoms with Crippen molar-refractivity contribution >= 4 is 23.3 Å². The number of aliphatic carboxylic acids is 1. The largest absolute Gasteiger partial charge is 0.481 e. The third-order valence-electron chi connectivity index (χ3n) is 5.54. The zero-order chi connectivity index (χ0) is 20.0. The van der Waals surface area contributed by atoms with E-state index in [0.29, 0.717) is 39.1 Å². The highest BCUT2D eigenvalue weighted by atomic mass is 19.1. The number of fused-ring (bicyclic) bond motifs is 1. The second kappa shape index (κ2) is 7.29. The van der Waals surface area contributed by atoms with Gasteiger partial charge in [0.05, 0.1) is 18.4 Å². The number of benzene rings is 1. The van der Waals surface area contributed by atoms with Crippen molar-refractivity contribution in [3.8, 4) is 0 Å². The number of nitrogens with zero attached hydrogens (tertiary/aromatic N) is 2. The molecule has 0 spiro atoms. The van der Waals surface area contributed by atoms with Crippen LogP contribution in [0.3, 0.4) is 0 Å². The standard InChI is InChI=1S/C19H23F2N3O4/c1-22-8-12-9-23(4-5-28-12)17-14(20)7-10-6-13(19(26)27)18(25)24(11-2-3-11)16(10)15(17)21/h7,11-13,22H,2-6,8-9H2,1H3,(H,26,27). The summed E-state index contributed by atoms with van der Waals surface area (Å²) < 4.78 is 36.1. The lowest BCUT2D eigenvalue weighted by molar-refractivity contribution is -0.146. The number of hydrogen-bond acceptors (Lipinski definition) is 5. The van der Waals surface area contributed by atoms with Crippen LogP contribution < -0.4 is 15.1 Å². The van der Waals surface area contributed by atoms with Crippen molar-refractivity contribution in [3.05, 3.63) is 23.3 Å². The number of rotatable bonds is 5. The van der Waals surface area contributed by atoms with E-state index in [1.165, 1.54) is 11.0 Å². The Morgan fingerprint density at radius 2 is 2.11 bits per heavy atom. The number of likely N-dealkylation sites (N-methyl/N-ethyl adjacent to an activating group) is 1. The normalized spacial score (nSPS) is 25.0. The average Bonchev–Trinajstić information content (AvgIpc) is 3.47. The Morgan fingerprint density at radius 3 is 2.75 bits per heavy atom. The van der Waals surface area contributed by atoms with E-state index in [-0.39, 0.29) is 35.5 Å². The zero-order valence-corrected chi connectivity index (χ0v) is 15.6. The monoisotopic (exact) mass is 395 g/mol. The Hall–Kier alpha value is -2.26. The van der Waals surface area contributed by atoms with Gasteiger partial charge in [-0.15, -0.1) is 0 Å². The topological polar surface area (TPSA) is 82.1 Å². The lowest BCUT2D eigenvalue weighted by Crippen LogP contribution is -2.48. The number of nitrogens with one attached hydrogen (secondary N) is 1. The van der Waals surface area contributed by atoms with Gasteiger partial charge in [0.15, 0.2) is 5.82 Å². The Morgan fingerprint density at radius 1 is 1.36 bits per heavy atom. The number of anilines is 2. The lowest BCUT2D eigenvalue weighted by Gasteiger charge is -2.38. The minimum atomic E-state index is -1.30. The third-order valence-corrected chi connectivity index (χ3v) is 5.54. The molecule has 1 saturated carbocycles. The van der Waals surface area contributed by atoms with Gasteiger partial charge >= 0.3 is 5.97 Å². The van der Waals surface area contributed by atoms with E-state index in [9.17, 15) is 19.1 Å². The Balaban J connectivity index is 1.76. The summed E-state index contributed by atoms with van der Waals surface area (Å²) in [6, 6.07) is 0.969. The van der Waals surface area contributed by atoms with Crippen molar-refractivity contribution in [1.82, 2.24) is 5.32 Å². The number of carboxylic acid groups (broad SMARTS) is 1. The number of ether oxygens (including phenoxy) is 1. The number of hydrogen-bond donors (Lipinski definition) is 2. The molecule has 2 fully saturated rings. The van der Waals surface area contributed by atoms with Gasteiger partial charge in [0.1, 0.15) is 17.4 Å². The summed E-state index contributed by atoms with van der Waals surface area (Å²) in [6.07, 6.45) is 0.967. The van der Waals surface area contributed by atoms with E-state index in [2.05, 4.69) is 5.32 Å². The van der Waals surface area contributed by atoms with Crippen molar-refractivity contribution in [2.45, 2.75) is 31.4 Å². The first-order valence-electron chi connectivity index (χ1n) is 9.50. The van der Waals surface area contributed by atoms with Crippen LogP contribution >= 0.6 is 0 Å². The summed E-state index contributed by atoms with van der Waals surface area (Å²) in [7, 11) is 1.78. The van der Waals surface area contributed by atoms with Crippen LogP contribution in [-0.2, 0) is 20.7 Å². The lowest BCUT2D eigenvalue weighted by atomic mass is 9.90.